The van der Waals surface area contributed by atoms with Crippen molar-refractivity contribution in [3.63, 3.8) is 0 Å². The van der Waals surface area contributed by atoms with Crippen molar-refractivity contribution in [2.75, 3.05) is 38.0 Å². The molecule has 0 spiro atoms. The Balaban J connectivity index is 1.58. The number of hydrogen-bond donors (Lipinski definition) is 1. The number of halogens is 1. The zero-order valence-electron chi connectivity index (χ0n) is 17.3. The Hall–Kier alpha value is -2.29. The fourth-order valence-corrected chi connectivity index (χ4v) is 5.06. The molecule has 8 heteroatoms. The number of piperazine rings is 1. The lowest BCUT2D eigenvalue weighted by atomic mass is 9.97. The second-order valence-electron chi connectivity index (χ2n) is 7.56. The van der Waals surface area contributed by atoms with Gasteiger partial charge in [0.1, 0.15) is 10.7 Å². The minimum absolute atomic E-state index is 0.129. The first kappa shape index (κ1) is 22.4. The Morgan fingerprint density at radius 1 is 1.07 bits per heavy atom. The van der Waals surface area contributed by atoms with Crippen LogP contribution in [0.25, 0.3) is 0 Å². The van der Waals surface area contributed by atoms with Crippen LogP contribution in [0.4, 0.5) is 10.1 Å². The lowest BCUT2D eigenvalue weighted by Crippen LogP contribution is -2.50. The number of benzene rings is 2. The summed E-state index contributed by atoms with van der Waals surface area (Å²) in [6.07, 6.45) is 0.978. The quantitative estimate of drug-likeness (QED) is 0.728. The molecular formula is C22H28FN3O3S. The number of para-hydroxylation sites is 1. The highest BCUT2D eigenvalue weighted by Gasteiger charge is 2.30. The van der Waals surface area contributed by atoms with Crippen LogP contribution >= 0.6 is 0 Å². The first-order valence-corrected chi connectivity index (χ1v) is 11.6. The van der Waals surface area contributed by atoms with Gasteiger partial charge in [0.25, 0.3) is 0 Å². The first-order chi connectivity index (χ1) is 14.3. The van der Waals surface area contributed by atoms with E-state index in [-0.39, 0.29) is 30.4 Å². The van der Waals surface area contributed by atoms with Crippen molar-refractivity contribution < 1.29 is 17.6 Å². The molecule has 1 amide bonds. The molecule has 30 heavy (non-hydrogen) atoms. The summed E-state index contributed by atoms with van der Waals surface area (Å²) in [5.74, 6) is -0.538. The van der Waals surface area contributed by atoms with Crippen LogP contribution in [-0.2, 0) is 14.8 Å². The molecule has 0 aromatic heterocycles. The summed E-state index contributed by atoms with van der Waals surface area (Å²) in [7, 11) is -3.88. The van der Waals surface area contributed by atoms with Crippen molar-refractivity contribution in [1.82, 2.24) is 9.21 Å². The number of carbonyl (C=O) groups excluding carboxylic acids is 1. The fraction of sp³-hybridized carbons (Fsp3) is 0.409. The summed E-state index contributed by atoms with van der Waals surface area (Å²) in [4.78, 5) is 14.2. The van der Waals surface area contributed by atoms with Crippen LogP contribution in [0, 0.1) is 5.82 Å². The maximum atomic E-state index is 13.9. The molecule has 2 aromatic carbocycles. The molecule has 0 radical (unpaired) electrons. The molecule has 1 saturated heterocycles. The van der Waals surface area contributed by atoms with Crippen molar-refractivity contribution in [2.24, 2.45) is 0 Å². The number of nitrogens with zero attached hydrogens (tertiary/aromatic N) is 2. The lowest BCUT2D eigenvalue weighted by Gasteiger charge is -2.33. The van der Waals surface area contributed by atoms with Crippen LogP contribution < -0.4 is 5.32 Å². The number of amides is 1. The summed E-state index contributed by atoms with van der Waals surface area (Å²) in [6.45, 7) is 5.67. The van der Waals surface area contributed by atoms with Crippen LogP contribution in [0.2, 0.25) is 0 Å². The van der Waals surface area contributed by atoms with E-state index in [0.717, 1.165) is 23.7 Å². The van der Waals surface area contributed by atoms with Crippen LogP contribution in [0.15, 0.2) is 53.4 Å². The average Bonchev–Trinajstić information content (AvgIpc) is 2.74. The lowest BCUT2D eigenvalue weighted by molar-refractivity contribution is -0.117. The molecule has 0 saturated carbocycles. The van der Waals surface area contributed by atoms with Crippen LogP contribution in [0.1, 0.15) is 31.7 Å². The van der Waals surface area contributed by atoms with Gasteiger partial charge in [0.2, 0.25) is 15.9 Å². The van der Waals surface area contributed by atoms with Gasteiger partial charge in [0.05, 0.1) is 6.54 Å². The number of sulfonamides is 1. The molecule has 1 atom stereocenters. The van der Waals surface area contributed by atoms with Crippen molar-refractivity contribution in [3.8, 4) is 0 Å². The monoisotopic (exact) mass is 433 g/mol. The van der Waals surface area contributed by atoms with Gasteiger partial charge in [-0.3, -0.25) is 9.69 Å². The van der Waals surface area contributed by atoms with E-state index in [4.69, 9.17) is 0 Å². The maximum absolute atomic E-state index is 13.9. The predicted octanol–water partition coefficient (Wildman–Crippen LogP) is 3.28. The van der Waals surface area contributed by atoms with Crippen molar-refractivity contribution >= 4 is 21.6 Å². The second-order valence-corrected chi connectivity index (χ2v) is 9.46. The standard InChI is InChI=1S/C22H28FN3O3S/c1-3-17(2)18-8-4-6-10-20(18)24-22(27)16-25-12-14-26(15-13-25)30(28,29)21-11-7-5-9-19(21)23/h4-11,17H,3,12-16H2,1-2H3,(H,24,27)/t17-/m1/s1. The molecule has 2 aromatic rings. The Labute approximate surface area is 177 Å². The van der Waals surface area contributed by atoms with E-state index in [2.05, 4.69) is 19.2 Å². The zero-order valence-corrected chi connectivity index (χ0v) is 18.2. The summed E-state index contributed by atoms with van der Waals surface area (Å²) in [6, 6.07) is 13.2. The van der Waals surface area contributed by atoms with Gasteiger partial charge >= 0.3 is 0 Å². The number of rotatable bonds is 7. The van der Waals surface area contributed by atoms with Gasteiger partial charge in [0, 0.05) is 31.9 Å². The van der Waals surface area contributed by atoms with E-state index in [1.165, 1.54) is 22.5 Å². The van der Waals surface area contributed by atoms with Crippen LogP contribution in [-0.4, -0.2) is 56.3 Å². The summed E-state index contributed by atoms with van der Waals surface area (Å²) >= 11 is 0. The molecule has 0 bridgehead atoms. The van der Waals surface area contributed by atoms with E-state index in [9.17, 15) is 17.6 Å². The molecule has 1 aliphatic heterocycles. The highest BCUT2D eigenvalue weighted by molar-refractivity contribution is 7.89. The van der Waals surface area contributed by atoms with E-state index in [0.29, 0.717) is 19.0 Å². The van der Waals surface area contributed by atoms with Gasteiger partial charge in [-0.15, -0.1) is 0 Å². The van der Waals surface area contributed by atoms with Gasteiger partial charge < -0.3 is 5.32 Å². The Morgan fingerprint density at radius 3 is 2.37 bits per heavy atom. The Bertz CT molecular complexity index is 989. The normalized spacial score (nSPS) is 16.9. The summed E-state index contributed by atoms with van der Waals surface area (Å²) in [5.41, 5.74) is 1.92. The Morgan fingerprint density at radius 2 is 1.70 bits per heavy atom. The highest BCUT2D eigenvalue weighted by atomic mass is 32.2. The molecule has 1 N–H and O–H groups in total. The molecule has 0 unspecified atom stereocenters. The van der Waals surface area contributed by atoms with Gasteiger partial charge in [-0.2, -0.15) is 4.31 Å². The van der Waals surface area contributed by atoms with E-state index in [1.807, 2.05) is 29.2 Å². The summed E-state index contributed by atoms with van der Waals surface area (Å²) in [5, 5.41) is 2.99. The molecule has 0 aliphatic carbocycles. The van der Waals surface area contributed by atoms with Crippen LogP contribution in [0.3, 0.4) is 0 Å². The Kier molecular flexibility index (Phi) is 7.23. The van der Waals surface area contributed by atoms with E-state index in [1.54, 1.807) is 0 Å². The van der Waals surface area contributed by atoms with Crippen LogP contribution in [0.5, 0.6) is 0 Å². The second kappa shape index (κ2) is 9.68. The highest BCUT2D eigenvalue weighted by Crippen LogP contribution is 2.26. The minimum Gasteiger partial charge on any atom is -0.325 e. The largest absolute Gasteiger partial charge is 0.325 e. The third kappa shape index (κ3) is 5.06. The van der Waals surface area contributed by atoms with E-state index < -0.39 is 15.8 Å². The number of hydrogen-bond acceptors (Lipinski definition) is 4. The van der Waals surface area contributed by atoms with Gasteiger partial charge in [-0.05, 0) is 36.1 Å². The molecule has 1 aliphatic rings. The van der Waals surface area contributed by atoms with Crippen molar-refractivity contribution in [1.29, 1.82) is 0 Å². The third-order valence-electron chi connectivity index (χ3n) is 5.53. The molecule has 1 fully saturated rings. The minimum atomic E-state index is -3.88. The summed E-state index contributed by atoms with van der Waals surface area (Å²) < 4.78 is 40.6. The molecule has 3 rings (SSSR count). The predicted molar refractivity (Wildman–Crippen MR) is 115 cm³/mol. The topological polar surface area (TPSA) is 69.7 Å². The zero-order chi connectivity index (χ0) is 21.7. The van der Waals surface area contributed by atoms with Crippen molar-refractivity contribution in [2.45, 2.75) is 31.1 Å². The van der Waals surface area contributed by atoms with Crippen molar-refractivity contribution in [3.05, 3.63) is 59.9 Å². The average molecular weight is 434 g/mol. The molecule has 6 nitrogen and oxygen atoms in total. The van der Waals surface area contributed by atoms with E-state index >= 15 is 0 Å². The van der Waals surface area contributed by atoms with Gasteiger partial charge in [0.15, 0.2) is 0 Å². The SMILES string of the molecule is CC[C@@H](C)c1ccccc1NC(=O)CN1CCN(S(=O)(=O)c2ccccc2F)CC1. The van der Waals surface area contributed by atoms with Gasteiger partial charge in [-0.25, -0.2) is 12.8 Å². The number of nitrogens with one attached hydrogen (secondary N) is 1. The smallest absolute Gasteiger partial charge is 0.246 e. The fourth-order valence-electron chi connectivity index (χ4n) is 3.57. The molecule has 1 heterocycles. The molecule has 162 valence electrons. The molecular weight excluding hydrogens is 405 g/mol. The number of anilines is 1. The maximum Gasteiger partial charge on any atom is 0.246 e. The van der Waals surface area contributed by atoms with Gasteiger partial charge in [-0.1, -0.05) is 44.2 Å². The third-order valence-corrected chi connectivity index (χ3v) is 7.46. The number of carbonyl (C=O) groups is 1. The first-order valence-electron chi connectivity index (χ1n) is 10.2.